The van der Waals surface area contributed by atoms with Gasteiger partial charge in [0, 0.05) is 18.5 Å². The minimum atomic E-state index is -0.242. The number of aromatic nitrogens is 1. The number of unbranched alkanes of at least 4 members (excludes halogenated alkanes) is 1. The van der Waals surface area contributed by atoms with Crippen molar-refractivity contribution < 1.29 is 4.79 Å². The molecule has 0 atom stereocenters. The number of nitrogens with zero attached hydrogens (tertiary/aromatic N) is 1. The summed E-state index contributed by atoms with van der Waals surface area (Å²) in [6.45, 7) is 2.75. The number of anilines is 2. The number of hydrogen-bond acceptors (Lipinski definition) is 5. The maximum Gasteiger partial charge on any atom is 0.217 e. The first-order chi connectivity index (χ1) is 7.11. The van der Waals surface area contributed by atoms with E-state index in [-0.39, 0.29) is 5.91 Å². The number of carbonyl (C=O) groups is 1. The molecule has 0 bridgehead atoms. The smallest absolute Gasteiger partial charge is 0.217 e. The SMILES string of the molecule is Cc1c(N)nsc1NCCCCC(N)=O. The summed E-state index contributed by atoms with van der Waals surface area (Å²) in [4.78, 5) is 10.5. The summed E-state index contributed by atoms with van der Waals surface area (Å²) in [5, 5.41) is 4.24. The maximum atomic E-state index is 10.5. The highest BCUT2D eigenvalue weighted by Gasteiger charge is 2.05. The largest absolute Gasteiger partial charge is 0.383 e. The third kappa shape index (κ3) is 3.75. The molecule has 5 N–H and O–H groups in total. The molecule has 0 aliphatic carbocycles. The molecule has 5 nitrogen and oxygen atoms in total. The zero-order chi connectivity index (χ0) is 11.3. The molecular weight excluding hydrogens is 212 g/mol. The van der Waals surface area contributed by atoms with Crippen LogP contribution < -0.4 is 16.8 Å². The van der Waals surface area contributed by atoms with E-state index in [0.717, 1.165) is 30.0 Å². The van der Waals surface area contributed by atoms with E-state index in [4.69, 9.17) is 11.5 Å². The van der Waals surface area contributed by atoms with E-state index in [1.54, 1.807) is 0 Å². The van der Waals surface area contributed by atoms with E-state index in [9.17, 15) is 4.79 Å². The molecule has 0 aliphatic heterocycles. The first-order valence-electron chi connectivity index (χ1n) is 4.85. The van der Waals surface area contributed by atoms with E-state index in [2.05, 4.69) is 9.69 Å². The Hall–Kier alpha value is -1.30. The summed E-state index contributed by atoms with van der Waals surface area (Å²) in [7, 11) is 0. The molecule has 0 aromatic carbocycles. The summed E-state index contributed by atoms with van der Waals surface area (Å²) in [6, 6.07) is 0. The Morgan fingerprint density at radius 1 is 1.53 bits per heavy atom. The van der Waals surface area contributed by atoms with Gasteiger partial charge >= 0.3 is 0 Å². The lowest BCUT2D eigenvalue weighted by atomic mass is 10.2. The molecule has 1 aromatic rings. The van der Waals surface area contributed by atoms with Crippen LogP contribution in [0.25, 0.3) is 0 Å². The number of nitrogens with two attached hydrogens (primary N) is 2. The van der Waals surface area contributed by atoms with Crippen LogP contribution in [0.2, 0.25) is 0 Å². The zero-order valence-electron chi connectivity index (χ0n) is 8.75. The molecule has 0 aliphatic rings. The highest BCUT2D eigenvalue weighted by Crippen LogP contribution is 2.24. The van der Waals surface area contributed by atoms with Gasteiger partial charge in [-0.05, 0) is 31.3 Å². The van der Waals surface area contributed by atoms with E-state index in [1.807, 2.05) is 6.92 Å². The zero-order valence-corrected chi connectivity index (χ0v) is 9.56. The molecule has 6 heteroatoms. The van der Waals surface area contributed by atoms with Gasteiger partial charge in [-0.15, -0.1) is 0 Å². The highest BCUT2D eigenvalue weighted by atomic mass is 32.1. The number of nitrogen functional groups attached to an aromatic ring is 1. The molecule has 1 rings (SSSR count). The Kier molecular flexibility index (Phi) is 4.36. The Morgan fingerprint density at radius 2 is 2.27 bits per heavy atom. The summed E-state index contributed by atoms with van der Waals surface area (Å²) in [5.74, 6) is 0.341. The Balaban J connectivity index is 2.20. The summed E-state index contributed by atoms with van der Waals surface area (Å²) in [6.07, 6.45) is 2.18. The molecular formula is C9H16N4OS. The molecule has 1 amide bonds. The minimum Gasteiger partial charge on any atom is -0.383 e. The number of amides is 1. The van der Waals surface area contributed by atoms with Crippen molar-refractivity contribution in [3.8, 4) is 0 Å². The van der Waals surface area contributed by atoms with Gasteiger partial charge in [0.2, 0.25) is 5.91 Å². The number of carbonyl (C=O) groups excluding carboxylic acids is 1. The average Bonchev–Trinajstić information content (AvgIpc) is 2.48. The lowest BCUT2D eigenvalue weighted by molar-refractivity contribution is -0.118. The van der Waals surface area contributed by atoms with Gasteiger partial charge in [-0.2, -0.15) is 4.37 Å². The van der Waals surface area contributed by atoms with Crippen molar-refractivity contribution in [2.75, 3.05) is 17.6 Å². The lowest BCUT2D eigenvalue weighted by Gasteiger charge is -2.03. The number of primary amides is 1. The molecule has 0 unspecified atom stereocenters. The first kappa shape index (κ1) is 11.8. The van der Waals surface area contributed by atoms with Gasteiger partial charge in [-0.25, -0.2) is 0 Å². The molecule has 0 saturated carbocycles. The second-order valence-electron chi connectivity index (χ2n) is 3.37. The number of nitrogens with one attached hydrogen (secondary N) is 1. The van der Waals surface area contributed by atoms with Gasteiger partial charge in [-0.1, -0.05) is 0 Å². The highest BCUT2D eigenvalue weighted by molar-refractivity contribution is 7.10. The standard InChI is InChI=1S/C9H16N4OS/c1-6-8(11)13-15-9(6)12-5-3-2-4-7(10)14/h12H,2-5H2,1H3,(H2,10,14)(H2,11,13). The summed E-state index contributed by atoms with van der Waals surface area (Å²) in [5.41, 5.74) is 11.6. The molecule has 0 fully saturated rings. The summed E-state index contributed by atoms with van der Waals surface area (Å²) < 4.78 is 4.03. The van der Waals surface area contributed by atoms with Crippen LogP contribution in [-0.2, 0) is 4.79 Å². The van der Waals surface area contributed by atoms with Crippen molar-refractivity contribution >= 4 is 28.3 Å². The molecule has 0 radical (unpaired) electrons. The molecule has 84 valence electrons. The van der Waals surface area contributed by atoms with Crippen molar-refractivity contribution in [2.24, 2.45) is 5.73 Å². The van der Waals surface area contributed by atoms with Gasteiger partial charge < -0.3 is 16.8 Å². The monoisotopic (exact) mass is 228 g/mol. The maximum absolute atomic E-state index is 10.5. The van der Waals surface area contributed by atoms with Crippen LogP contribution in [0.3, 0.4) is 0 Å². The van der Waals surface area contributed by atoms with Crippen molar-refractivity contribution in [2.45, 2.75) is 26.2 Å². The Morgan fingerprint density at radius 3 is 2.80 bits per heavy atom. The first-order valence-corrected chi connectivity index (χ1v) is 5.62. The van der Waals surface area contributed by atoms with Crippen LogP contribution in [-0.4, -0.2) is 16.8 Å². The molecule has 15 heavy (non-hydrogen) atoms. The third-order valence-corrected chi connectivity index (χ3v) is 3.02. The van der Waals surface area contributed by atoms with E-state index < -0.39 is 0 Å². The Labute approximate surface area is 93.0 Å². The van der Waals surface area contributed by atoms with Crippen LogP contribution in [0.15, 0.2) is 0 Å². The van der Waals surface area contributed by atoms with Crippen molar-refractivity contribution in [3.05, 3.63) is 5.56 Å². The van der Waals surface area contributed by atoms with Crippen LogP contribution in [0, 0.1) is 6.92 Å². The van der Waals surface area contributed by atoms with Crippen LogP contribution in [0.5, 0.6) is 0 Å². The van der Waals surface area contributed by atoms with E-state index in [1.165, 1.54) is 11.5 Å². The van der Waals surface area contributed by atoms with Crippen molar-refractivity contribution in [1.82, 2.24) is 4.37 Å². The van der Waals surface area contributed by atoms with Crippen molar-refractivity contribution in [3.63, 3.8) is 0 Å². The van der Waals surface area contributed by atoms with Gasteiger partial charge in [0.05, 0.1) is 0 Å². The second kappa shape index (κ2) is 5.55. The van der Waals surface area contributed by atoms with Gasteiger partial charge in [0.25, 0.3) is 0 Å². The van der Waals surface area contributed by atoms with Gasteiger partial charge in [0.15, 0.2) is 0 Å². The predicted molar refractivity (Wildman–Crippen MR) is 62.8 cm³/mol. The Bertz CT molecular complexity index is 337. The number of hydrogen-bond donors (Lipinski definition) is 3. The fourth-order valence-corrected chi connectivity index (χ4v) is 1.87. The van der Waals surface area contributed by atoms with Crippen molar-refractivity contribution in [1.29, 1.82) is 0 Å². The predicted octanol–water partition coefficient (Wildman–Crippen LogP) is 1.10. The van der Waals surface area contributed by atoms with Crippen LogP contribution in [0.1, 0.15) is 24.8 Å². The average molecular weight is 228 g/mol. The molecule has 1 heterocycles. The fraction of sp³-hybridized carbons (Fsp3) is 0.556. The molecule has 0 spiro atoms. The fourth-order valence-electron chi connectivity index (χ4n) is 1.14. The third-order valence-electron chi connectivity index (χ3n) is 2.10. The molecule has 0 saturated heterocycles. The topological polar surface area (TPSA) is 94.0 Å². The normalized spacial score (nSPS) is 10.2. The van der Waals surface area contributed by atoms with E-state index >= 15 is 0 Å². The van der Waals surface area contributed by atoms with E-state index in [0.29, 0.717) is 12.2 Å². The summed E-state index contributed by atoms with van der Waals surface area (Å²) >= 11 is 1.36. The quantitative estimate of drug-likeness (QED) is 0.635. The lowest BCUT2D eigenvalue weighted by Crippen LogP contribution is -2.10. The number of rotatable bonds is 6. The second-order valence-corrected chi connectivity index (χ2v) is 4.15. The molecule has 1 aromatic heterocycles. The van der Waals surface area contributed by atoms with Gasteiger partial charge in [-0.3, -0.25) is 4.79 Å². The minimum absolute atomic E-state index is 0.242. The van der Waals surface area contributed by atoms with Gasteiger partial charge in [0.1, 0.15) is 10.8 Å². The van der Waals surface area contributed by atoms with Crippen LogP contribution >= 0.6 is 11.5 Å². The van der Waals surface area contributed by atoms with Crippen LogP contribution in [0.4, 0.5) is 10.8 Å².